The van der Waals surface area contributed by atoms with Gasteiger partial charge in [-0.2, -0.15) is 0 Å². The lowest BCUT2D eigenvalue weighted by Gasteiger charge is -2.10. The fourth-order valence-electron chi connectivity index (χ4n) is 4.46. The minimum Gasteiger partial charge on any atom is -0.493 e. The number of carbonyl (C=O) groups excluding carboxylic acids is 3. The highest BCUT2D eigenvalue weighted by Gasteiger charge is 2.12. The standard InChI is InChI=1S/C23H30N2O9.C16H23ClO/c1-3-4-5-6-9-21(26)24-17-23(28)34-19-12-10-18(16-20(19)31-2)11-13-22(27)32-14-7-8-15-33-25(29)30;1-3-8-14(4-2)9-5-6-12-18-16-11-7-10-15(17)13-16/h3-4,10-13,16H,5-9,14-15,17H2,1-2H3,(H,24,26);5,7,9-11,13-14H,3-4,6,8,12H2,1-2H3/b4-3-,13-11+;9-5+. The number of rotatable bonds is 24. The van der Waals surface area contributed by atoms with Gasteiger partial charge in [-0.1, -0.05) is 68.3 Å². The maximum Gasteiger partial charge on any atom is 0.330 e. The fraction of sp³-hybridized carbons (Fsp3) is 0.462. The van der Waals surface area contributed by atoms with Crippen molar-refractivity contribution >= 4 is 35.5 Å². The van der Waals surface area contributed by atoms with E-state index in [4.69, 9.17) is 30.5 Å². The van der Waals surface area contributed by atoms with Crippen LogP contribution in [0.15, 0.2) is 72.8 Å². The summed E-state index contributed by atoms with van der Waals surface area (Å²) >= 11 is 5.89. The third-order valence-corrected chi connectivity index (χ3v) is 7.42. The smallest absolute Gasteiger partial charge is 0.330 e. The van der Waals surface area contributed by atoms with Crippen LogP contribution in [0.2, 0.25) is 5.02 Å². The Morgan fingerprint density at radius 1 is 0.981 bits per heavy atom. The lowest BCUT2D eigenvalue weighted by molar-refractivity contribution is -0.757. The van der Waals surface area contributed by atoms with Gasteiger partial charge in [0, 0.05) is 17.5 Å². The molecule has 1 N–H and O–H groups in total. The summed E-state index contributed by atoms with van der Waals surface area (Å²) in [5, 5.41) is 12.4. The molecule has 0 aromatic heterocycles. The van der Waals surface area contributed by atoms with Gasteiger partial charge in [0.2, 0.25) is 5.91 Å². The molecule has 0 fully saturated rings. The predicted molar refractivity (Wildman–Crippen MR) is 202 cm³/mol. The summed E-state index contributed by atoms with van der Waals surface area (Å²) in [4.78, 5) is 49.7. The van der Waals surface area contributed by atoms with Crippen molar-refractivity contribution in [1.29, 1.82) is 0 Å². The molecule has 0 saturated heterocycles. The molecule has 0 bridgehead atoms. The first-order valence-electron chi connectivity index (χ1n) is 17.5. The van der Waals surface area contributed by atoms with Gasteiger partial charge in [0.05, 0.1) is 26.9 Å². The fourth-order valence-corrected chi connectivity index (χ4v) is 4.64. The van der Waals surface area contributed by atoms with Crippen molar-refractivity contribution in [2.45, 2.75) is 78.6 Å². The molecule has 13 heteroatoms. The maximum atomic E-state index is 12.0. The third-order valence-electron chi connectivity index (χ3n) is 7.18. The van der Waals surface area contributed by atoms with E-state index in [9.17, 15) is 24.5 Å². The lowest BCUT2D eigenvalue weighted by atomic mass is 10.0. The largest absolute Gasteiger partial charge is 0.493 e. The van der Waals surface area contributed by atoms with E-state index in [2.05, 4.69) is 36.2 Å². The Morgan fingerprint density at radius 3 is 2.46 bits per heavy atom. The summed E-state index contributed by atoms with van der Waals surface area (Å²) in [6.07, 6.45) is 18.5. The summed E-state index contributed by atoms with van der Waals surface area (Å²) in [5.41, 5.74) is 0.599. The molecule has 0 aliphatic heterocycles. The molecular formula is C39H53ClN2O10. The quantitative estimate of drug-likeness (QED) is 0.0211. The van der Waals surface area contributed by atoms with Crippen LogP contribution in [0.4, 0.5) is 0 Å². The van der Waals surface area contributed by atoms with Gasteiger partial charge >= 0.3 is 11.9 Å². The summed E-state index contributed by atoms with van der Waals surface area (Å²) in [6, 6.07) is 12.2. The highest BCUT2D eigenvalue weighted by molar-refractivity contribution is 6.30. The van der Waals surface area contributed by atoms with Crippen LogP contribution >= 0.6 is 11.6 Å². The van der Waals surface area contributed by atoms with E-state index in [1.165, 1.54) is 44.6 Å². The number of methoxy groups -OCH3 is 1. The number of amides is 1. The molecule has 0 saturated carbocycles. The minimum absolute atomic E-state index is 0.0552. The van der Waals surface area contributed by atoms with Gasteiger partial charge < -0.3 is 29.1 Å². The van der Waals surface area contributed by atoms with Crippen molar-refractivity contribution < 1.29 is 43.3 Å². The van der Waals surface area contributed by atoms with E-state index < -0.39 is 17.0 Å². The number of allylic oxidation sites excluding steroid dienone is 3. The van der Waals surface area contributed by atoms with Gasteiger partial charge in [-0.25, -0.2) is 9.59 Å². The molecule has 286 valence electrons. The van der Waals surface area contributed by atoms with E-state index in [0.29, 0.717) is 37.9 Å². The second-order valence-electron chi connectivity index (χ2n) is 11.4. The van der Waals surface area contributed by atoms with Crippen molar-refractivity contribution in [3.05, 3.63) is 93.5 Å². The number of nitrogens with one attached hydrogen (secondary N) is 1. The van der Waals surface area contributed by atoms with Crippen LogP contribution in [0.3, 0.4) is 0 Å². The zero-order chi connectivity index (χ0) is 38.4. The molecular weight excluding hydrogens is 692 g/mol. The molecule has 0 aliphatic carbocycles. The molecule has 1 amide bonds. The average molecular weight is 745 g/mol. The summed E-state index contributed by atoms with van der Waals surface area (Å²) in [5.74, 6) is 0.559. The van der Waals surface area contributed by atoms with E-state index in [0.717, 1.165) is 29.5 Å². The molecule has 2 aromatic rings. The van der Waals surface area contributed by atoms with Crippen LogP contribution in [0.1, 0.15) is 84.1 Å². The van der Waals surface area contributed by atoms with Crippen LogP contribution < -0.4 is 19.5 Å². The highest BCUT2D eigenvalue weighted by atomic mass is 35.5. The zero-order valence-electron chi connectivity index (χ0n) is 30.7. The van der Waals surface area contributed by atoms with Crippen molar-refractivity contribution in [3.8, 4) is 17.2 Å². The van der Waals surface area contributed by atoms with Crippen LogP contribution in [0.5, 0.6) is 17.2 Å². The monoisotopic (exact) mass is 744 g/mol. The number of carbonyl (C=O) groups is 3. The number of halogens is 1. The summed E-state index contributed by atoms with van der Waals surface area (Å²) in [7, 11) is 1.41. The Kier molecular flexibility index (Phi) is 25.0. The summed E-state index contributed by atoms with van der Waals surface area (Å²) < 4.78 is 21.1. The van der Waals surface area contributed by atoms with Crippen LogP contribution in [0.25, 0.3) is 6.08 Å². The van der Waals surface area contributed by atoms with E-state index in [1.54, 1.807) is 12.1 Å². The molecule has 1 unspecified atom stereocenters. The van der Waals surface area contributed by atoms with Crippen LogP contribution in [0, 0.1) is 16.0 Å². The van der Waals surface area contributed by atoms with Crippen molar-refractivity contribution in [2.24, 2.45) is 5.92 Å². The lowest BCUT2D eigenvalue weighted by Crippen LogP contribution is -2.31. The molecule has 2 rings (SSSR count). The Labute approximate surface area is 312 Å². The summed E-state index contributed by atoms with van der Waals surface area (Å²) in [6.45, 7) is 6.88. The Bertz CT molecular complexity index is 1440. The van der Waals surface area contributed by atoms with Gasteiger partial charge in [0.1, 0.15) is 12.3 Å². The van der Waals surface area contributed by atoms with Gasteiger partial charge in [0.25, 0.3) is 5.09 Å². The molecule has 52 heavy (non-hydrogen) atoms. The Morgan fingerprint density at radius 2 is 1.77 bits per heavy atom. The first-order valence-corrected chi connectivity index (χ1v) is 17.9. The van der Waals surface area contributed by atoms with E-state index >= 15 is 0 Å². The molecule has 12 nitrogen and oxygen atoms in total. The van der Waals surface area contributed by atoms with Crippen LogP contribution in [-0.4, -0.2) is 56.4 Å². The Balaban J connectivity index is 0.000000629. The molecule has 0 heterocycles. The Hall–Kier alpha value is -4.84. The van der Waals surface area contributed by atoms with Gasteiger partial charge in [0.15, 0.2) is 11.5 Å². The maximum absolute atomic E-state index is 12.0. The number of hydrogen-bond acceptors (Lipinski definition) is 10. The number of unbranched alkanes of at least 4 members (excludes halogenated alkanes) is 2. The normalized spacial score (nSPS) is 11.5. The third kappa shape index (κ3) is 22.8. The number of esters is 2. The minimum atomic E-state index is -0.873. The molecule has 0 aliphatic rings. The first-order chi connectivity index (χ1) is 25.1. The number of hydrogen-bond donors (Lipinski definition) is 1. The second kappa shape index (κ2) is 28.8. The molecule has 0 radical (unpaired) electrons. The topological polar surface area (TPSA) is 153 Å². The van der Waals surface area contributed by atoms with Crippen molar-refractivity contribution in [2.75, 3.05) is 33.5 Å². The van der Waals surface area contributed by atoms with Crippen molar-refractivity contribution in [1.82, 2.24) is 5.32 Å². The van der Waals surface area contributed by atoms with Gasteiger partial charge in [-0.15, -0.1) is 10.1 Å². The zero-order valence-corrected chi connectivity index (χ0v) is 31.4. The first kappa shape index (κ1) is 45.2. The SMILES string of the molecule is C/C=C\CCCC(=O)NCC(=O)Oc1ccc(/C=C/C(=O)OCCCCO[N+](=O)[O-])cc1OC.CCCC(/C=C/CCOc1cccc(Cl)c1)CC. The predicted octanol–water partition coefficient (Wildman–Crippen LogP) is 8.50. The number of ether oxygens (including phenoxy) is 4. The number of benzene rings is 2. The van der Waals surface area contributed by atoms with Gasteiger partial charge in [-0.3, -0.25) is 4.79 Å². The molecule has 0 spiro atoms. The highest BCUT2D eigenvalue weighted by Crippen LogP contribution is 2.28. The molecule has 2 aromatic carbocycles. The van der Waals surface area contributed by atoms with Gasteiger partial charge in [-0.05, 0) is 99.8 Å². The van der Waals surface area contributed by atoms with Crippen LogP contribution in [-0.2, 0) is 24.0 Å². The van der Waals surface area contributed by atoms with E-state index in [-0.39, 0.29) is 37.2 Å². The number of nitrogens with zero attached hydrogens (tertiary/aromatic N) is 1. The molecule has 1 atom stereocenters. The van der Waals surface area contributed by atoms with Crippen molar-refractivity contribution in [3.63, 3.8) is 0 Å². The van der Waals surface area contributed by atoms with E-state index in [1.807, 2.05) is 43.3 Å². The average Bonchev–Trinajstić information content (AvgIpc) is 3.13. The second-order valence-corrected chi connectivity index (χ2v) is 11.8.